The van der Waals surface area contributed by atoms with Gasteiger partial charge in [0.1, 0.15) is 5.76 Å². The molecule has 0 spiro atoms. The topological polar surface area (TPSA) is 25.2 Å². The van der Waals surface area contributed by atoms with Crippen LogP contribution in [0.15, 0.2) is 36.2 Å². The molecule has 1 aliphatic heterocycles. The normalized spacial score (nSPS) is 15.5. The molecule has 2 nitrogen and oxygen atoms in total. The Hall–Kier alpha value is -1.44. The first-order chi connectivity index (χ1) is 5.36. The summed E-state index contributed by atoms with van der Waals surface area (Å²) in [5.41, 5.74) is 1.13. The van der Waals surface area contributed by atoms with Gasteiger partial charge in [-0.05, 0) is 30.4 Å². The van der Waals surface area contributed by atoms with Crippen LogP contribution >= 0.6 is 0 Å². The van der Waals surface area contributed by atoms with Gasteiger partial charge in [-0.2, -0.15) is 0 Å². The van der Waals surface area contributed by atoms with Crippen LogP contribution in [0.4, 0.5) is 0 Å². The highest BCUT2D eigenvalue weighted by atomic mass is 16.3. The molecular formula is C9H9NO. The molecule has 1 aliphatic rings. The van der Waals surface area contributed by atoms with E-state index in [-0.39, 0.29) is 0 Å². The molecule has 0 saturated carbocycles. The first kappa shape index (κ1) is 6.28. The third-order valence-corrected chi connectivity index (χ3v) is 1.79. The zero-order valence-corrected chi connectivity index (χ0v) is 6.07. The van der Waals surface area contributed by atoms with Crippen LogP contribution in [0.1, 0.15) is 5.69 Å². The van der Waals surface area contributed by atoms with Crippen molar-refractivity contribution in [2.75, 3.05) is 0 Å². The highest BCUT2D eigenvalue weighted by Crippen LogP contribution is 2.10. The molecule has 0 fully saturated rings. The standard InChI is InChI=1S/C9H9NO/c11-9-4-3-8-2-1-6-10(8)7-5-9/h1-6,11H,7H2. The summed E-state index contributed by atoms with van der Waals surface area (Å²) in [4.78, 5) is 0. The van der Waals surface area contributed by atoms with Crippen LogP contribution in [0.3, 0.4) is 0 Å². The number of aromatic nitrogens is 1. The summed E-state index contributed by atoms with van der Waals surface area (Å²) in [5.74, 6) is 0.341. The molecule has 0 radical (unpaired) electrons. The average Bonchev–Trinajstić information content (AvgIpc) is 2.38. The Bertz CT molecular complexity index is 320. The van der Waals surface area contributed by atoms with Crippen LogP contribution in [-0.4, -0.2) is 9.67 Å². The molecule has 2 heterocycles. The summed E-state index contributed by atoms with van der Waals surface area (Å²) in [6.07, 6.45) is 7.39. The first-order valence-electron chi connectivity index (χ1n) is 3.58. The summed E-state index contributed by atoms with van der Waals surface area (Å²) >= 11 is 0. The van der Waals surface area contributed by atoms with Gasteiger partial charge in [0.15, 0.2) is 0 Å². The Labute approximate surface area is 65.1 Å². The van der Waals surface area contributed by atoms with Crippen LogP contribution in [0.5, 0.6) is 0 Å². The van der Waals surface area contributed by atoms with Gasteiger partial charge >= 0.3 is 0 Å². The van der Waals surface area contributed by atoms with Crippen LogP contribution in [0.2, 0.25) is 0 Å². The lowest BCUT2D eigenvalue weighted by Crippen LogP contribution is -1.93. The lowest BCUT2D eigenvalue weighted by molar-refractivity contribution is 0.429. The second kappa shape index (κ2) is 2.31. The minimum Gasteiger partial charge on any atom is -0.508 e. The largest absolute Gasteiger partial charge is 0.508 e. The van der Waals surface area contributed by atoms with Gasteiger partial charge in [0.25, 0.3) is 0 Å². The Morgan fingerprint density at radius 1 is 1.36 bits per heavy atom. The molecule has 1 aromatic rings. The molecule has 0 atom stereocenters. The van der Waals surface area contributed by atoms with Gasteiger partial charge in [-0.3, -0.25) is 0 Å². The maximum Gasteiger partial charge on any atom is 0.113 e. The molecule has 11 heavy (non-hydrogen) atoms. The van der Waals surface area contributed by atoms with E-state index in [1.165, 1.54) is 0 Å². The van der Waals surface area contributed by atoms with Gasteiger partial charge in [0, 0.05) is 18.4 Å². The average molecular weight is 147 g/mol. The number of allylic oxidation sites excluding steroid dienone is 2. The zero-order valence-electron chi connectivity index (χ0n) is 6.07. The lowest BCUT2D eigenvalue weighted by atomic mass is 10.3. The maximum atomic E-state index is 9.14. The van der Waals surface area contributed by atoms with Crippen LogP contribution in [0.25, 0.3) is 6.08 Å². The van der Waals surface area contributed by atoms with Crippen molar-refractivity contribution in [2.45, 2.75) is 6.54 Å². The molecular weight excluding hydrogens is 138 g/mol. The Morgan fingerprint density at radius 2 is 2.27 bits per heavy atom. The van der Waals surface area contributed by atoms with E-state index in [1.54, 1.807) is 12.2 Å². The van der Waals surface area contributed by atoms with Gasteiger partial charge in [-0.1, -0.05) is 0 Å². The predicted molar refractivity (Wildman–Crippen MR) is 44.2 cm³/mol. The van der Waals surface area contributed by atoms with E-state index in [1.807, 2.05) is 24.4 Å². The van der Waals surface area contributed by atoms with Crippen molar-refractivity contribution in [1.29, 1.82) is 0 Å². The van der Waals surface area contributed by atoms with Gasteiger partial charge in [0.05, 0.1) is 0 Å². The maximum absolute atomic E-state index is 9.14. The fourth-order valence-electron chi connectivity index (χ4n) is 1.18. The highest BCUT2D eigenvalue weighted by molar-refractivity contribution is 5.50. The van der Waals surface area contributed by atoms with E-state index in [0.29, 0.717) is 5.76 Å². The van der Waals surface area contributed by atoms with Crippen molar-refractivity contribution >= 4 is 6.08 Å². The predicted octanol–water partition coefficient (Wildman–Crippen LogP) is 1.96. The number of hydrogen-bond donors (Lipinski definition) is 1. The molecule has 56 valence electrons. The van der Waals surface area contributed by atoms with E-state index in [4.69, 9.17) is 5.11 Å². The van der Waals surface area contributed by atoms with Crippen molar-refractivity contribution in [3.63, 3.8) is 0 Å². The van der Waals surface area contributed by atoms with E-state index in [2.05, 4.69) is 4.57 Å². The van der Waals surface area contributed by atoms with Crippen LogP contribution in [0, 0.1) is 0 Å². The molecule has 0 aliphatic carbocycles. The second-order valence-electron chi connectivity index (χ2n) is 2.55. The van der Waals surface area contributed by atoms with Crippen molar-refractivity contribution in [3.8, 4) is 0 Å². The number of fused-ring (bicyclic) bond motifs is 1. The molecule has 0 amide bonds. The van der Waals surface area contributed by atoms with Gasteiger partial charge in [-0.25, -0.2) is 0 Å². The number of aliphatic hydroxyl groups is 1. The molecule has 0 aromatic carbocycles. The van der Waals surface area contributed by atoms with Crippen LogP contribution in [-0.2, 0) is 6.54 Å². The minimum absolute atomic E-state index is 0.341. The Kier molecular flexibility index (Phi) is 1.32. The third kappa shape index (κ3) is 1.07. The second-order valence-corrected chi connectivity index (χ2v) is 2.55. The van der Waals surface area contributed by atoms with Crippen molar-refractivity contribution in [1.82, 2.24) is 4.57 Å². The number of nitrogens with zero attached hydrogens (tertiary/aromatic N) is 1. The van der Waals surface area contributed by atoms with Gasteiger partial charge in [-0.15, -0.1) is 0 Å². The van der Waals surface area contributed by atoms with E-state index in [0.717, 1.165) is 12.2 Å². The van der Waals surface area contributed by atoms with E-state index < -0.39 is 0 Å². The molecule has 0 bridgehead atoms. The van der Waals surface area contributed by atoms with E-state index in [9.17, 15) is 0 Å². The number of aliphatic hydroxyl groups excluding tert-OH is 1. The van der Waals surface area contributed by atoms with Crippen molar-refractivity contribution in [2.24, 2.45) is 0 Å². The summed E-state index contributed by atoms with van der Waals surface area (Å²) < 4.78 is 2.07. The number of hydrogen-bond acceptors (Lipinski definition) is 1. The van der Waals surface area contributed by atoms with Gasteiger partial charge in [0.2, 0.25) is 0 Å². The minimum atomic E-state index is 0.341. The Balaban J connectivity index is 2.45. The van der Waals surface area contributed by atoms with Crippen LogP contribution < -0.4 is 0 Å². The molecule has 1 aromatic heterocycles. The highest BCUT2D eigenvalue weighted by Gasteiger charge is 1.99. The van der Waals surface area contributed by atoms with Crippen molar-refractivity contribution < 1.29 is 5.11 Å². The molecule has 1 N–H and O–H groups in total. The monoisotopic (exact) mass is 147 g/mol. The third-order valence-electron chi connectivity index (χ3n) is 1.79. The number of rotatable bonds is 0. The fourth-order valence-corrected chi connectivity index (χ4v) is 1.18. The van der Waals surface area contributed by atoms with Crippen molar-refractivity contribution in [3.05, 3.63) is 41.9 Å². The van der Waals surface area contributed by atoms with Gasteiger partial charge < -0.3 is 9.67 Å². The summed E-state index contributed by atoms with van der Waals surface area (Å²) in [6, 6.07) is 4.01. The lowest BCUT2D eigenvalue weighted by Gasteiger charge is -1.98. The molecule has 2 heteroatoms. The SMILES string of the molecule is OC1=CCn2cccc2C=C1. The summed E-state index contributed by atoms with van der Waals surface area (Å²) in [7, 11) is 0. The first-order valence-corrected chi connectivity index (χ1v) is 3.58. The zero-order chi connectivity index (χ0) is 7.68. The summed E-state index contributed by atoms with van der Waals surface area (Å²) in [6.45, 7) is 0.751. The smallest absolute Gasteiger partial charge is 0.113 e. The fraction of sp³-hybridized carbons (Fsp3) is 0.111. The quantitative estimate of drug-likeness (QED) is 0.596. The Morgan fingerprint density at radius 3 is 3.18 bits per heavy atom. The van der Waals surface area contributed by atoms with E-state index >= 15 is 0 Å². The molecule has 2 rings (SSSR count). The molecule has 0 unspecified atom stereocenters. The summed E-state index contributed by atoms with van der Waals surface area (Å²) in [5, 5.41) is 9.14. The molecule has 0 saturated heterocycles.